The van der Waals surface area contributed by atoms with E-state index in [4.69, 9.17) is 16.6 Å². The number of nitrogens with zero attached hydrogens (tertiary/aromatic N) is 2. The van der Waals surface area contributed by atoms with Gasteiger partial charge in [0.25, 0.3) is 0 Å². The number of alkyl halides is 1. The lowest BCUT2D eigenvalue weighted by Gasteiger charge is -2.16. The summed E-state index contributed by atoms with van der Waals surface area (Å²) in [5, 5.41) is 0. The van der Waals surface area contributed by atoms with Crippen molar-refractivity contribution in [3.05, 3.63) is 58.9 Å². The van der Waals surface area contributed by atoms with Crippen LogP contribution in [0.2, 0.25) is 0 Å². The van der Waals surface area contributed by atoms with Crippen molar-refractivity contribution >= 4 is 17.2 Å². The van der Waals surface area contributed by atoms with Gasteiger partial charge in [0, 0.05) is 11.8 Å². The van der Waals surface area contributed by atoms with Crippen LogP contribution in [-0.4, -0.2) is 9.38 Å². The first-order valence-corrected chi connectivity index (χ1v) is 8.46. The number of halogens is 1. The average Bonchev–Trinajstić information content (AvgIpc) is 2.94. The number of rotatable bonds is 2. The fraction of sp³-hybridized carbons (Fsp3) is 0.316. The van der Waals surface area contributed by atoms with E-state index in [1.807, 2.05) is 0 Å². The van der Waals surface area contributed by atoms with Gasteiger partial charge in [-0.3, -0.25) is 0 Å². The molecular formula is C19H19ClN2. The Bertz CT molecular complexity index is 848. The number of hydrogen-bond acceptors (Lipinski definition) is 1. The van der Waals surface area contributed by atoms with Gasteiger partial charge in [0.2, 0.25) is 0 Å². The number of hydrogen-bond donors (Lipinski definition) is 0. The maximum Gasteiger partial charge on any atom is 0.140 e. The third kappa shape index (κ3) is 2.14. The highest BCUT2D eigenvalue weighted by Crippen LogP contribution is 2.30. The van der Waals surface area contributed by atoms with Crippen molar-refractivity contribution < 1.29 is 0 Å². The smallest absolute Gasteiger partial charge is 0.140 e. The molecule has 0 bridgehead atoms. The van der Waals surface area contributed by atoms with E-state index in [9.17, 15) is 0 Å². The molecule has 0 saturated heterocycles. The minimum atomic E-state index is 0.469. The molecular weight excluding hydrogens is 292 g/mol. The van der Waals surface area contributed by atoms with Crippen LogP contribution in [0.5, 0.6) is 0 Å². The number of fused-ring (bicyclic) bond motifs is 2. The van der Waals surface area contributed by atoms with Crippen LogP contribution in [-0.2, 0) is 18.7 Å². The van der Waals surface area contributed by atoms with Crippen LogP contribution in [0.3, 0.4) is 0 Å². The second kappa shape index (κ2) is 5.44. The monoisotopic (exact) mass is 310 g/mol. The maximum absolute atomic E-state index is 6.24. The van der Waals surface area contributed by atoms with Gasteiger partial charge in [0.1, 0.15) is 5.65 Å². The Morgan fingerprint density at radius 3 is 2.77 bits per heavy atom. The molecule has 22 heavy (non-hydrogen) atoms. The molecule has 0 atom stereocenters. The fourth-order valence-corrected chi connectivity index (χ4v) is 3.75. The highest BCUT2D eigenvalue weighted by atomic mass is 35.5. The first-order valence-electron chi connectivity index (χ1n) is 7.92. The molecule has 0 radical (unpaired) electrons. The first kappa shape index (κ1) is 13.8. The summed E-state index contributed by atoms with van der Waals surface area (Å²) in [6, 6.07) is 10.9. The number of imidazole rings is 1. The largest absolute Gasteiger partial charge is 0.302 e. The molecule has 0 fully saturated rings. The minimum absolute atomic E-state index is 0.469. The van der Waals surface area contributed by atoms with Crippen LogP contribution in [0.25, 0.3) is 16.9 Å². The zero-order chi connectivity index (χ0) is 15.1. The quantitative estimate of drug-likeness (QED) is 0.614. The molecule has 112 valence electrons. The van der Waals surface area contributed by atoms with Crippen molar-refractivity contribution in [2.75, 3.05) is 0 Å². The lowest BCUT2D eigenvalue weighted by Crippen LogP contribution is -2.02. The fourth-order valence-electron chi connectivity index (χ4n) is 3.49. The molecule has 0 aliphatic heterocycles. The molecule has 2 aromatic heterocycles. The van der Waals surface area contributed by atoms with E-state index in [0.29, 0.717) is 5.88 Å². The Labute approximate surface area is 135 Å². The van der Waals surface area contributed by atoms with Crippen LogP contribution in [0.4, 0.5) is 0 Å². The molecule has 0 saturated carbocycles. The minimum Gasteiger partial charge on any atom is -0.302 e. The molecule has 0 amide bonds. The summed E-state index contributed by atoms with van der Waals surface area (Å²) in [4.78, 5) is 4.88. The molecule has 0 unspecified atom stereocenters. The molecule has 0 N–H and O–H groups in total. The summed E-state index contributed by atoms with van der Waals surface area (Å²) in [7, 11) is 0. The molecule has 4 rings (SSSR count). The highest BCUT2D eigenvalue weighted by molar-refractivity contribution is 6.17. The number of aryl methyl sites for hydroxylation is 3. The zero-order valence-corrected chi connectivity index (χ0v) is 13.5. The van der Waals surface area contributed by atoms with Crippen LogP contribution in [0.15, 0.2) is 36.5 Å². The van der Waals surface area contributed by atoms with E-state index in [1.54, 1.807) is 0 Å². The Morgan fingerprint density at radius 1 is 1.14 bits per heavy atom. The van der Waals surface area contributed by atoms with Crippen LogP contribution >= 0.6 is 11.6 Å². The molecule has 2 nitrogen and oxygen atoms in total. The topological polar surface area (TPSA) is 17.3 Å². The molecule has 1 aromatic carbocycles. The van der Waals surface area contributed by atoms with Crippen molar-refractivity contribution in [1.82, 2.24) is 9.38 Å². The van der Waals surface area contributed by atoms with Crippen molar-refractivity contribution in [3.63, 3.8) is 0 Å². The van der Waals surface area contributed by atoms with Crippen LogP contribution in [0.1, 0.15) is 35.2 Å². The van der Waals surface area contributed by atoms with Gasteiger partial charge in [0.05, 0.1) is 17.3 Å². The van der Waals surface area contributed by atoms with E-state index in [1.165, 1.54) is 47.9 Å². The predicted octanol–water partition coefficient (Wildman–Crippen LogP) is 4.93. The van der Waals surface area contributed by atoms with Gasteiger partial charge in [0.15, 0.2) is 0 Å². The van der Waals surface area contributed by atoms with E-state index in [2.05, 4.69) is 47.9 Å². The number of pyridine rings is 1. The van der Waals surface area contributed by atoms with Crippen LogP contribution < -0.4 is 0 Å². The molecule has 3 heteroatoms. The van der Waals surface area contributed by atoms with Crippen LogP contribution in [0, 0.1) is 6.92 Å². The van der Waals surface area contributed by atoms with Crippen molar-refractivity contribution in [1.29, 1.82) is 0 Å². The summed E-state index contributed by atoms with van der Waals surface area (Å²) in [6.07, 6.45) is 7.05. The Balaban J connectivity index is 1.92. The second-order valence-electron chi connectivity index (χ2n) is 6.12. The standard InChI is InChI=1S/C19H19ClN2/c1-13-5-4-10-22-17(12-20)18(21-19(13)22)16-9-8-14-6-2-3-7-15(14)11-16/h4-5,8-11H,2-3,6-7,12H2,1H3. The highest BCUT2D eigenvalue weighted by Gasteiger charge is 2.16. The SMILES string of the molecule is Cc1cccn2c(CCl)c(-c3ccc4c(c3)CCCC4)nc12. The average molecular weight is 311 g/mol. The third-order valence-corrected chi connectivity index (χ3v) is 4.95. The Morgan fingerprint density at radius 2 is 1.95 bits per heavy atom. The van der Waals surface area contributed by atoms with E-state index >= 15 is 0 Å². The molecule has 1 aliphatic rings. The van der Waals surface area contributed by atoms with Gasteiger partial charge in [-0.15, -0.1) is 11.6 Å². The van der Waals surface area contributed by atoms with Crippen molar-refractivity contribution in [2.45, 2.75) is 38.5 Å². The summed E-state index contributed by atoms with van der Waals surface area (Å²) < 4.78 is 2.12. The van der Waals surface area contributed by atoms with Crippen molar-refractivity contribution in [3.8, 4) is 11.3 Å². The summed E-state index contributed by atoms with van der Waals surface area (Å²) >= 11 is 6.24. The van der Waals surface area contributed by atoms with Gasteiger partial charge >= 0.3 is 0 Å². The Hall–Kier alpha value is -1.80. The second-order valence-corrected chi connectivity index (χ2v) is 6.38. The van der Waals surface area contributed by atoms with Gasteiger partial charge in [-0.1, -0.05) is 18.2 Å². The lowest BCUT2D eigenvalue weighted by molar-refractivity contribution is 0.686. The molecule has 0 spiro atoms. The first-order chi connectivity index (χ1) is 10.8. The van der Waals surface area contributed by atoms with E-state index in [0.717, 1.165) is 17.0 Å². The number of aromatic nitrogens is 2. The number of benzene rings is 1. The molecule has 1 aliphatic carbocycles. The van der Waals surface area contributed by atoms with E-state index < -0.39 is 0 Å². The summed E-state index contributed by atoms with van der Waals surface area (Å²) in [6.45, 7) is 2.09. The summed E-state index contributed by atoms with van der Waals surface area (Å²) in [5.74, 6) is 0.469. The third-order valence-electron chi connectivity index (χ3n) is 4.69. The molecule has 2 heterocycles. The molecule has 3 aromatic rings. The van der Waals surface area contributed by atoms with Crippen molar-refractivity contribution in [2.24, 2.45) is 0 Å². The van der Waals surface area contributed by atoms with Gasteiger partial charge in [-0.05, 0) is 61.4 Å². The summed E-state index contributed by atoms with van der Waals surface area (Å²) in [5.41, 5.74) is 8.47. The van der Waals surface area contributed by atoms with Gasteiger partial charge in [-0.25, -0.2) is 4.98 Å². The van der Waals surface area contributed by atoms with Gasteiger partial charge < -0.3 is 4.40 Å². The van der Waals surface area contributed by atoms with Gasteiger partial charge in [-0.2, -0.15) is 0 Å². The normalized spacial score (nSPS) is 14.3. The Kier molecular flexibility index (Phi) is 3.42. The zero-order valence-electron chi connectivity index (χ0n) is 12.8. The lowest BCUT2D eigenvalue weighted by atomic mass is 9.90. The predicted molar refractivity (Wildman–Crippen MR) is 91.6 cm³/mol. The van der Waals surface area contributed by atoms with E-state index in [-0.39, 0.29) is 0 Å². The maximum atomic E-state index is 6.24.